The van der Waals surface area contributed by atoms with Gasteiger partial charge >= 0.3 is 0 Å². The lowest BCUT2D eigenvalue weighted by molar-refractivity contribution is 0.377. The Morgan fingerprint density at radius 2 is 2.15 bits per heavy atom. The molecule has 0 spiro atoms. The van der Waals surface area contributed by atoms with E-state index in [0.29, 0.717) is 10.0 Å². The van der Waals surface area contributed by atoms with Gasteiger partial charge in [0.05, 0.1) is 11.6 Å². The second-order valence-corrected chi connectivity index (χ2v) is 3.63. The smallest absolute Gasteiger partial charge is 0.179 e. The van der Waals surface area contributed by atoms with E-state index in [4.69, 9.17) is 10.5 Å². The molecule has 13 heavy (non-hydrogen) atoms. The minimum atomic E-state index is -0.405. The fourth-order valence-electron chi connectivity index (χ4n) is 1.11. The predicted molar refractivity (Wildman–Crippen MR) is 53.3 cm³/mol. The summed E-state index contributed by atoms with van der Waals surface area (Å²) in [4.78, 5) is 0. The van der Waals surface area contributed by atoms with Gasteiger partial charge in [-0.25, -0.2) is 4.39 Å². The standard InChI is InChI=1S/C9H11BrFNO/c1-5(12)6-3-4-7(10)8(11)9(6)13-2/h3-5H,12H2,1-2H3. The van der Waals surface area contributed by atoms with Gasteiger partial charge in [0.25, 0.3) is 0 Å². The lowest BCUT2D eigenvalue weighted by Crippen LogP contribution is -2.08. The minimum absolute atomic E-state index is 0.212. The van der Waals surface area contributed by atoms with Crippen LogP contribution in [0.2, 0.25) is 0 Å². The first kappa shape index (κ1) is 10.5. The maximum absolute atomic E-state index is 13.4. The summed E-state index contributed by atoms with van der Waals surface area (Å²) in [5.41, 5.74) is 6.32. The van der Waals surface area contributed by atoms with Crippen molar-refractivity contribution >= 4 is 15.9 Å². The van der Waals surface area contributed by atoms with Crippen LogP contribution < -0.4 is 10.5 Å². The van der Waals surface area contributed by atoms with Gasteiger partial charge in [-0.15, -0.1) is 0 Å². The van der Waals surface area contributed by atoms with Crippen LogP contribution in [0, 0.1) is 5.82 Å². The number of ether oxygens (including phenoxy) is 1. The van der Waals surface area contributed by atoms with Crippen molar-refractivity contribution in [2.24, 2.45) is 5.73 Å². The van der Waals surface area contributed by atoms with E-state index in [0.717, 1.165) is 0 Å². The highest BCUT2D eigenvalue weighted by Crippen LogP contribution is 2.31. The average molecular weight is 248 g/mol. The Kier molecular flexibility index (Phi) is 3.27. The molecule has 0 amide bonds. The molecule has 0 saturated carbocycles. The summed E-state index contributed by atoms with van der Waals surface area (Å²) in [7, 11) is 1.43. The maximum atomic E-state index is 13.4. The van der Waals surface area contributed by atoms with Gasteiger partial charge in [-0.3, -0.25) is 0 Å². The summed E-state index contributed by atoms with van der Waals surface area (Å²) < 4.78 is 18.7. The molecule has 0 heterocycles. The molecule has 1 atom stereocenters. The Morgan fingerprint density at radius 3 is 2.62 bits per heavy atom. The Labute approximate surface area is 85.0 Å². The third-order valence-corrected chi connectivity index (χ3v) is 2.39. The molecule has 1 rings (SSSR count). The van der Waals surface area contributed by atoms with Gasteiger partial charge in [0.2, 0.25) is 0 Å². The molecule has 2 nitrogen and oxygen atoms in total. The first-order valence-corrected chi connectivity index (χ1v) is 4.64. The SMILES string of the molecule is COc1c(C(C)N)ccc(Br)c1F. The van der Waals surface area contributed by atoms with E-state index in [1.807, 2.05) is 0 Å². The Morgan fingerprint density at radius 1 is 1.54 bits per heavy atom. The molecule has 1 aromatic carbocycles. The molecule has 72 valence electrons. The van der Waals surface area contributed by atoms with E-state index < -0.39 is 5.82 Å². The van der Waals surface area contributed by atoms with Crippen LogP contribution in [0.15, 0.2) is 16.6 Å². The molecule has 0 saturated heterocycles. The summed E-state index contributed by atoms with van der Waals surface area (Å²) in [6.07, 6.45) is 0. The van der Waals surface area contributed by atoms with Gasteiger partial charge in [-0.1, -0.05) is 6.07 Å². The molecule has 4 heteroatoms. The number of nitrogens with two attached hydrogens (primary N) is 1. The van der Waals surface area contributed by atoms with Crippen molar-refractivity contribution in [2.75, 3.05) is 7.11 Å². The van der Waals surface area contributed by atoms with Crippen LogP contribution >= 0.6 is 15.9 Å². The summed E-state index contributed by atoms with van der Waals surface area (Å²) in [6, 6.07) is 3.13. The van der Waals surface area contributed by atoms with Crippen molar-refractivity contribution < 1.29 is 9.13 Å². The van der Waals surface area contributed by atoms with E-state index in [1.54, 1.807) is 19.1 Å². The van der Waals surface area contributed by atoms with Crippen molar-refractivity contribution in [3.63, 3.8) is 0 Å². The number of rotatable bonds is 2. The molecule has 1 aromatic rings. The first-order chi connectivity index (χ1) is 6.07. The highest BCUT2D eigenvalue weighted by molar-refractivity contribution is 9.10. The van der Waals surface area contributed by atoms with E-state index >= 15 is 0 Å². The fraction of sp³-hybridized carbons (Fsp3) is 0.333. The third kappa shape index (κ3) is 2.00. The summed E-state index contributed by atoms with van der Waals surface area (Å²) in [5.74, 6) is -0.193. The number of halogens is 2. The second kappa shape index (κ2) is 4.07. The Hall–Kier alpha value is -0.610. The second-order valence-electron chi connectivity index (χ2n) is 2.77. The molecule has 2 N–H and O–H groups in total. The first-order valence-electron chi connectivity index (χ1n) is 3.85. The lowest BCUT2D eigenvalue weighted by Gasteiger charge is -2.12. The Balaban J connectivity index is 3.30. The highest BCUT2D eigenvalue weighted by Gasteiger charge is 2.14. The van der Waals surface area contributed by atoms with Crippen molar-refractivity contribution in [3.8, 4) is 5.75 Å². The van der Waals surface area contributed by atoms with Crippen LogP contribution in [0.4, 0.5) is 4.39 Å². The Bertz CT molecular complexity index is 315. The predicted octanol–water partition coefficient (Wildman–Crippen LogP) is 2.62. The number of methoxy groups -OCH3 is 1. The molecule has 1 unspecified atom stereocenters. The molecule has 0 radical (unpaired) electrons. The van der Waals surface area contributed by atoms with Crippen molar-refractivity contribution in [3.05, 3.63) is 28.0 Å². The van der Waals surface area contributed by atoms with Crippen molar-refractivity contribution in [1.29, 1.82) is 0 Å². The van der Waals surface area contributed by atoms with Crippen LogP contribution in [-0.4, -0.2) is 7.11 Å². The molecular weight excluding hydrogens is 237 g/mol. The van der Waals surface area contributed by atoms with Crippen molar-refractivity contribution in [1.82, 2.24) is 0 Å². The average Bonchev–Trinajstić information content (AvgIpc) is 2.09. The number of hydrogen-bond donors (Lipinski definition) is 1. The normalized spacial score (nSPS) is 12.7. The van der Waals surface area contributed by atoms with E-state index in [-0.39, 0.29) is 11.8 Å². The van der Waals surface area contributed by atoms with Crippen LogP contribution in [-0.2, 0) is 0 Å². The molecule has 0 fully saturated rings. The number of hydrogen-bond acceptors (Lipinski definition) is 2. The highest BCUT2D eigenvalue weighted by atomic mass is 79.9. The summed E-state index contributed by atoms with van der Waals surface area (Å²) in [6.45, 7) is 1.78. The van der Waals surface area contributed by atoms with Gasteiger partial charge < -0.3 is 10.5 Å². The third-order valence-electron chi connectivity index (χ3n) is 1.78. The van der Waals surface area contributed by atoms with Gasteiger partial charge in [-0.05, 0) is 28.9 Å². The van der Waals surface area contributed by atoms with Gasteiger partial charge in [0, 0.05) is 11.6 Å². The van der Waals surface area contributed by atoms with Crippen molar-refractivity contribution in [2.45, 2.75) is 13.0 Å². The van der Waals surface area contributed by atoms with Crippen LogP contribution in [0.3, 0.4) is 0 Å². The van der Waals surface area contributed by atoms with Crippen LogP contribution in [0.25, 0.3) is 0 Å². The lowest BCUT2D eigenvalue weighted by atomic mass is 10.1. The molecule has 0 aliphatic rings. The zero-order chi connectivity index (χ0) is 10.0. The molecule has 0 bridgehead atoms. The number of benzene rings is 1. The monoisotopic (exact) mass is 247 g/mol. The quantitative estimate of drug-likeness (QED) is 0.873. The summed E-state index contributed by atoms with van der Waals surface area (Å²) >= 11 is 3.07. The molecule has 0 aliphatic heterocycles. The van der Waals surface area contributed by atoms with Gasteiger partial charge in [0.1, 0.15) is 0 Å². The molecule has 0 aliphatic carbocycles. The van der Waals surface area contributed by atoms with Gasteiger partial charge in [0.15, 0.2) is 11.6 Å². The van der Waals surface area contributed by atoms with E-state index in [1.165, 1.54) is 7.11 Å². The van der Waals surface area contributed by atoms with E-state index in [2.05, 4.69) is 15.9 Å². The largest absolute Gasteiger partial charge is 0.493 e. The maximum Gasteiger partial charge on any atom is 0.179 e. The zero-order valence-corrected chi connectivity index (χ0v) is 9.06. The van der Waals surface area contributed by atoms with Crippen LogP contribution in [0.5, 0.6) is 5.75 Å². The van der Waals surface area contributed by atoms with Crippen LogP contribution in [0.1, 0.15) is 18.5 Å². The topological polar surface area (TPSA) is 35.2 Å². The van der Waals surface area contributed by atoms with Gasteiger partial charge in [-0.2, -0.15) is 0 Å². The molecular formula is C9H11BrFNO. The summed E-state index contributed by atoms with van der Waals surface area (Å²) in [5, 5.41) is 0. The fourth-order valence-corrected chi connectivity index (χ4v) is 1.43. The molecule has 0 aromatic heterocycles. The minimum Gasteiger partial charge on any atom is -0.493 e. The zero-order valence-electron chi connectivity index (χ0n) is 7.47. The van der Waals surface area contributed by atoms with E-state index in [9.17, 15) is 4.39 Å².